The number of nitrogens with zero attached hydrogens (tertiary/aromatic N) is 2. The lowest BCUT2D eigenvalue weighted by Gasteiger charge is -2.13. The second-order valence-electron chi connectivity index (χ2n) is 3.63. The molecule has 0 saturated heterocycles. The average Bonchev–Trinajstić information content (AvgIpc) is 2.26. The first-order valence-corrected chi connectivity index (χ1v) is 4.95. The van der Waals surface area contributed by atoms with Crippen molar-refractivity contribution in [3.05, 3.63) is 23.5 Å². The van der Waals surface area contributed by atoms with Gasteiger partial charge in [0.2, 0.25) is 0 Å². The van der Waals surface area contributed by atoms with Crippen molar-refractivity contribution in [2.24, 2.45) is 0 Å². The number of aryl methyl sites for hydroxylation is 1. The summed E-state index contributed by atoms with van der Waals surface area (Å²) in [4.78, 5) is 16.9. The van der Waals surface area contributed by atoms with Crippen LogP contribution in [0.15, 0.2) is 12.1 Å². The van der Waals surface area contributed by atoms with Gasteiger partial charge >= 0.3 is 0 Å². The molecule has 1 aromatic heterocycles. The third-order valence-electron chi connectivity index (χ3n) is 2.07. The molecule has 88 valence electrons. The van der Waals surface area contributed by atoms with Crippen LogP contribution >= 0.6 is 0 Å². The number of rotatable bonds is 4. The summed E-state index contributed by atoms with van der Waals surface area (Å²) >= 11 is 0. The van der Waals surface area contributed by atoms with Gasteiger partial charge in [-0.1, -0.05) is 0 Å². The highest BCUT2D eigenvalue weighted by atomic mass is 16.5. The maximum Gasteiger partial charge on any atom is 0.259 e. The van der Waals surface area contributed by atoms with Gasteiger partial charge in [0, 0.05) is 19.8 Å². The molecule has 0 aromatic carbocycles. The van der Waals surface area contributed by atoms with Crippen LogP contribution in [-0.2, 0) is 11.4 Å². The Kier molecular flexibility index (Phi) is 4.25. The van der Waals surface area contributed by atoms with E-state index >= 15 is 0 Å². The first kappa shape index (κ1) is 12.4. The molecular formula is C11H16N2O3. The molecule has 5 nitrogen and oxygen atoms in total. The van der Waals surface area contributed by atoms with Crippen LogP contribution in [0.2, 0.25) is 0 Å². The van der Waals surface area contributed by atoms with Gasteiger partial charge in [-0.15, -0.1) is 0 Å². The predicted molar refractivity (Wildman–Crippen MR) is 59.1 cm³/mol. The SMILES string of the molecule is Cc1ccc(OCC(=O)N(C)C)c(CO)n1. The molecule has 0 bridgehead atoms. The first-order valence-electron chi connectivity index (χ1n) is 4.95. The Hall–Kier alpha value is -1.62. The van der Waals surface area contributed by atoms with E-state index in [9.17, 15) is 4.79 Å². The number of aliphatic hydroxyl groups excluding tert-OH is 1. The Morgan fingerprint density at radius 3 is 2.75 bits per heavy atom. The molecule has 0 aliphatic rings. The summed E-state index contributed by atoms with van der Waals surface area (Å²) < 4.78 is 5.29. The van der Waals surface area contributed by atoms with Crippen LogP contribution in [0, 0.1) is 6.92 Å². The molecule has 1 rings (SSSR count). The zero-order chi connectivity index (χ0) is 12.1. The fourth-order valence-electron chi connectivity index (χ4n) is 1.11. The highest BCUT2D eigenvalue weighted by Crippen LogP contribution is 2.16. The van der Waals surface area contributed by atoms with Crippen molar-refractivity contribution >= 4 is 5.91 Å². The summed E-state index contributed by atoms with van der Waals surface area (Å²) in [6.07, 6.45) is 0. The summed E-state index contributed by atoms with van der Waals surface area (Å²) in [6.45, 7) is 1.58. The van der Waals surface area contributed by atoms with E-state index < -0.39 is 0 Å². The summed E-state index contributed by atoms with van der Waals surface area (Å²) in [5.41, 5.74) is 1.25. The Bertz CT molecular complexity index is 377. The average molecular weight is 224 g/mol. The monoisotopic (exact) mass is 224 g/mol. The van der Waals surface area contributed by atoms with Crippen molar-refractivity contribution in [3.63, 3.8) is 0 Å². The number of aromatic nitrogens is 1. The van der Waals surface area contributed by atoms with Gasteiger partial charge < -0.3 is 14.7 Å². The quantitative estimate of drug-likeness (QED) is 0.801. The summed E-state index contributed by atoms with van der Waals surface area (Å²) in [5.74, 6) is 0.313. The number of ether oxygens (including phenoxy) is 1. The van der Waals surface area contributed by atoms with Crippen LogP contribution in [0.4, 0.5) is 0 Å². The Morgan fingerprint density at radius 1 is 1.50 bits per heavy atom. The summed E-state index contributed by atoms with van der Waals surface area (Å²) in [7, 11) is 3.32. The second kappa shape index (κ2) is 5.46. The van der Waals surface area contributed by atoms with Crippen molar-refractivity contribution in [1.29, 1.82) is 0 Å². The molecule has 0 aliphatic carbocycles. The number of likely N-dealkylation sites (N-methyl/N-ethyl adjacent to an activating group) is 1. The second-order valence-corrected chi connectivity index (χ2v) is 3.63. The zero-order valence-corrected chi connectivity index (χ0v) is 9.73. The number of aliphatic hydroxyl groups is 1. The lowest BCUT2D eigenvalue weighted by molar-refractivity contribution is -0.130. The van der Waals surface area contributed by atoms with Crippen LogP contribution in [0.3, 0.4) is 0 Å². The predicted octanol–water partition coefficient (Wildman–Crippen LogP) is 0.349. The van der Waals surface area contributed by atoms with E-state index in [-0.39, 0.29) is 19.1 Å². The van der Waals surface area contributed by atoms with E-state index in [1.807, 2.05) is 6.92 Å². The first-order chi connectivity index (χ1) is 7.54. The van der Waals surface area contributed by atoms with Gasteiger partial charge in [-0.3, -0.25) is 9.78 Å². The molecule has 0 radical (unpaired) electrons. The molecule has 1 amide bonds. The normalized spacial score (nSPS) is 10.0. The lowest BCUT2D eigenvalue weighted by atomic mass is 10.3. The molecular weight excluding hydrogens is 208 g/mol. The molecule has 0 aliphatic heterocycles. The third-order valence-corrected chi connectivity index (χ3v) is 2.07. The molecule has 0 atom stereocenters. The summed E-state index contributed by atoms with van der Waals surface area (Å²) in [5, 5.41) is 9.08. The van der Waals surface area contributed by atoms with Gasteiger partial charge in [-0.05, 0) is 19.1 Å². The molecule has 0 spiro atoms. The van der Waals surface area contributed by atoms with Crippen molar-refractivity contribution in [2.75, 3.05) is 20.7 Å². The van der Waals surface area contributed by atoms with E-state index in [0.29, 0.717) is 11.4 Å². The molecule has 0 saturated carbocycles. The van der Waals surface area contributed by atoms with E-state index in [4.69, 9.17) is 9.84 Å². The smallest absolute Gasteiger partial charge is 0.259 e. The van der Waals surface area contributed by atoms with Gasteiger partial charge in [0.25, 0.3) is 5.91 Å². The van der Waals surface area contributed by atoms with Gasteiger partial charge in [0.05, 0.1) is 6.61 Å². The zero-order valence-electron chi connectivity index (χ0n) is 9.73. The number of carbonyl (C=O) groups excluding carboxylic acids is 1. The van der Waals surface area contributed by atoms with Crippen molar-refractivity contribution in [1.82, 2.24) is 9.88 Å². The molecule has 0 unspecified atom stereocenters. The topological polar surface area (TPSA) is 62.7 Å². The molecule has 16 heavy (non-hydrogen) atoms. The van der Waals surface area contributed by atoms with Crippen LogP contribution in [0.5, 0.6) is 5.75 Å². The molecule has 1 heterocycles. The Morgan fingerprint density at radius 2 is 2.19 bits per heavy atom. The maximum atomic E-state index is 11.3. The fourth-order valence-corrected chi connectivity index (χ4v) is 1.11. The Balaban J connectivity index is 2.70. The maximum absolute atomic E-state index is 11.3. The summed E-state index contributed by atoms with van der Waals surface area (Å²) in [6, 6.07) is 3.48. The number of hydrogen-bond acceptors (Lipinski definition) is 4. The van der Waals surface area contributed by atoms with Crippen LogP contribution in [0.1, 0.15) is 11.4 Å². The minimum absolute atomic E-state index is 0.0509. The fraction of sp³-hybridized carbons (Fsp3) is 0.455. The van der Waals surface area contributed by atoms with Gasteiger partial charge in [-0.2, -0.15) is 0 Å². The van der Waals surface area contributed by atoms with Gasteiger partial charge in [0.15, 0.2) is 6.61 Å². The molecule has 5 heteroatoms. The van der Waals surface area contributed by atoms with Gasteiger partial charge in [-0.25, -0.2) is 0 Å². The van der Waals surface area contributed by atoms with E-state index in [1.54, 1.807) is 26.2 Å². The van der Waals surface area contributed by atoms with E-state index in [1.165, 1.54) is 4.90 Å². The third kappa shape index (κ3) is 3.20. The number of hydrogen-bond donors (Lipinski definition) is 1. The van der Waals surface area contributed by atoms with Crippen LogP contribution in [0.25, 0.3) is 0 Å². The van der Waals surface area contributed by atoms with E-state index in [2.05, 4.69) is 4.98 Å². The number of carbonyl (C=O) groups is 1. The van der Waals surface area contributed by atoms with E-state index in [0.717, 1.165) is 5.69 Å². The number of pyridine rings is 1. The van der Waals surface area contributed by atoms with Crippen LogP contribution < -0.4 is 4.74 Å². The van der Waals surface area contributed by atoms with Crippen molar-refractivity contribution in [2.45, 2.75) is 13.5 Å². The number of amides is 1. The highest BCUT2D eigenvalue weighted by Gasteiger charge is 2.08. The standard InChI is InChI=1S/C11H16N2O3/c1-8-4-5-10(9(6-14)12-8)16-7-11(15)13(2)3/h4-5,14H,6-7H2,1-3H3. The van der Waals surface area contributed by atoms with Crippen molar-refractivity contribution in [3.8, 4) is 5.75 Å². The highest BCUT2D eigenvalue weighted by molar-refractivity contribution is 5.77. The minimum Gasteiger partial charge on any atom is -0.482 e. The largest absolute Gasteiger partial charge is 0.482 e. The molecule has 0 fully saturated rings. The Labute approximate surface area is 94.7 Å². The lowest BCUT2D eigenvalue weighted by Crippen LogP contribution is -2.27. The molecule has 1 aromatic rings. The van der Waals surface area contributed by atoms with Crippen molar-refractivity contribution < 1.29 is 14.6 Å². The van der Waals surface area contributed by atoms with Crippen LogP contribution in [-0.4, -0.2) is 41.6 Å². The van der Waals surface area contributed by atoms with Gasteiger partial charge in [0.1, 0.15) is 11.4 Å². The minimum atomic E-state index is -0.201. The molecule has 1 N–H and O–H groups in total.